The third kappa shape index (κ3) is 5.07. The molecular weight excluding hydrogens is 114 g/mol. The molecular formula is C7H13NO. The maximum Gasteiger partial charge on any atom is 0.243 e. The Morgan fingerprint density at radius 2 is 2.33 bits per heavy atom. The molecule has 0 aliphatic heterocycles. The minimum absolute atomic E-state index is 0.000602. The van der Waals surface area contributed by atoms with Gasteiger partial charge in [-0.2, -0.15) is 0 Å². The van der Waals surface area contributed by atoms with Crippen LogP contribution in [0.5, 0.6) is 0 Å². The third-order valence-corrected chi connectivity index (χ3v) is 0.867. The number of hydrogen-bond acceptors (Lipinski definition) is 1. The Labute approximate surface area is 56.0 Å². The molecule has 0 aliphatic rings. The van der Waals surface area contributed by atoms with Crippen LogP contribution in [0.2, 0.25) is 0 Å². The molecule has 0 aromatic rings. The largest absolute Gasteiger partial charge is 0.353 e. The maximum absolute atomic E-state index is 10.6. The van der Waals surface area contributed by atoms with Crippen LogP contribution in [0.15, 0.2) is 12.2 Å². The van der Waals surface area contributed by atoms with E-state index in [0.29, 0.717) is 0 Å². The van der Waals surface area contributed by atoms with Crippen LogP contribution in [-0.4, -0.2) is 12.5 Å². The molecule has 0 fully saturated rings. The zero-order valence-electron chi connectivity index (χ0n) is 5.98. The third-order valence-electron chi connectivity index (χ3n) is 0.867. The summed E-state index contributed by atoms with van der Waals surface area (Å²) in [6, 6.07) is 0. The van der Waals surface area contributed by atoms with Crippen LogP contribution >= 0.6 is 0 Å². The lowest BCUT2D eigenvalue weighted by atomic mass is 10.4. The predicted octanol–water partition coefficient (Wildman–Crippen LogP) is 1.09. The predicted molar refractivity (Wildman–Crippen MR) is 38.1 cm³/mol. The number of nitrogens with one attached hydrogen (secondary N) is 1. The van der Waals surface area contributed by atoms with Gasteiger partial charge in [-0.05, 0) is 19.4 Å². The minimum Gasteiger partial charge on any atom is -0.353 e. The maximum atomic E-state index is 10.6. The van der Waals surface area contributed by atoms with Gasteiger partial charge < -0.3 is 5.32 Å². The Bertz CT molecular complexity index is 107. The first-order chi connectivity index (χ1) is 4.31. The van der Waals surface area contributed by atoms with Gasteiger partial charge in [0.05, 0.1) is 0 Å². The Morgan fingerprint density at radius 3 is 2.78 bits per heavy atom. The number of amides is 1. The average Bonchev–Trinajstić information content (AvgIpc) is 1.85. The van der Waals surface area contributed by atoms with Crippen LogP contribution in [0, 0.1) is 0 Å². The second-order valence-corrected chi connectivity index (χ2v) is 1.79. The van der Waals surface area contributed by atoms with Gasteiger partial charge in [0, 0.05) is 6.54 Å². The summed E-state index contributed by atoms with van der Waals surface area (Å²) in [6.45, 7) is 4.62. The number of hydrogen-bond donors (Lipinski definition) is 1. The van der Waals surface area contributed by atoms with Crippen molar-refractivity contribution in [3.63, 3.8) is 0 Å². The highest BCUT2D eigenvalue weighted by Gasteiger charge is 1.88. The first-order valence-electron chi connectivity index (χ1n) is 3.21. The second-order valence-electron chi connectivity index (χ2n) is 1.79. The molecule has 0 saturated heterocycles. The first-order valence-corrected chi connectivity index (χ1v) is 3.21. The van der Waals surface area contributed by atoms with Gasteiger partial charge in [0.1, 0.15) is 0 Å². The second kappa shape index (κ2) is 5.35. The molecule has 0 saturated carbocycles. The fourth-order valence-electron chi connectivity index (χ4n) is 0.459. The lowest BCUT2D eigenvalue weighted by molar-refractivity contribution is -0.116. The van der Waals surface area contributed by atoms with Gasteiger partial charge in [-0.15, -0.1) is 0 Å². The molecule has 0 aliphatic carbocycles. The van der Waals surface area contributed by atoms with Gasteiger partial charge in [0.15, 0.2) is 0 Å². The zero-order chi connectivity index (χ0) is 7.11. The van der Waals surface area contributed by atoms with Crippen LogP contribution in [-0.2, 0) is 4.79 Å². The van der Waals surface area contributed by atoms with Gasteiger partial charge in [-0.1, -0.05) is 13.0 Å². The molecule has 0 heterocycles. The lowest BCUT2D eigenvalue weighted by Crippen LogP contribution is -2.21. The molecule has 1 amide bonds. The van der Waals surface area contributed by atoms with E-state index in [-0.39, 0.29) is 5.91 Å². The molecule has 0 unspecified atom stereocenters. The Hall–Kier alpha value is -0.790. The van der Waals surface area contributed by atoms with E-state index in [2.05, 4.69) is 5.32 Å². The summed E-state index contributed by atoms with van der Waals surface area (Å²) >= 11 is 0. The monoisotopic (exact) mass is 127 g/mol. The molecule has 0 atom stereocenters. The van der Waals surface area contributed by atoms with E-state index in [9.17, 15) is 4.79 Å². The summed E-state index contributed by atoms with van der Waals surface area (Å²) in [7, 11) is 0. The molecule has 0 radical (unpaired) electrons. The first kappa shape index (κ1) is 8.21. The van der Waals surface area contributed by atoms with E-state index in [1.807, 2.05) is 13.8 Å². The molecule has 9 heavy (non-hydrogen) atoms. The quantitative estimate of drug-likeness (QED) is 0.565. The Balaban J connectivity index is 3.27. The highest BCUT2D eigenvalue weighted by atomic mass is 16.1. The normalized spacial score (nSPS) is 10.0. The molecule has 0 aromatic heterocycles. The van der Waals surface area contributed by atoms with Crippen LogP contribution in [0.3, 0.4) is 0 Å². The summed E-state index contributed by atoms with van der Waals surface area (Å²) in [5, 5.41) is 2.71. The van der Waals surface area contributed by atoms with Gasteiger partial charge in [0.2, 0.25) is 5.91 Å². The highest BCUT2D eigenvalue weighted by Crippen LogP contribution is 1.73. The van der Waals surface area contributed by atoms with Crippen molar-refractivity contribution in [3.8, 4) is 0 Å². The van der Waals surface area contributed by atoms with Crippen molar-refractivity contribution in [2.45, 2.75) is 20.3 Å². The van der Waals surface area contributed by atoms with Crippen molar-refractivity contribution < 1.29 is 4.79 Å². The minimum atomic E-state index is -0.000602. The van der Waals surface area contributed by atoms with Gasteiger partial charge in [-0.25, -0.2) is 0 Å². The number of carbonyl (C=O) groups excluding carboxylic acids is 1. The van der Waals surface area contributed by atoms with E-state index in [1.54, 1.807) is 6.08 Å². The number of rotatable bonds is 3. The summed E-state index contributed by atoms with van der Waals surface area (Å²) in [5.41, 5.74) is 0. The van der Waals surface area contributed by atoms with Crippen LogP contribution < -0.4 is 5.32 Å². The van der Waals surface area contributed by atoms with Crippen molar-refractivity contribution in [3.05, 3.63) is 12.2 Å². The van der Waals surface area contributed by atoms with E-state index in [4.69, 9.17) is 0 Å². The lowest BCUT2D eigenvalue weighted by Gasteiger charge is -1.95. The average molecular weight is 127 g/mol. The van der Waals surface area contributed by atoms with Crippen LogP contribution in [0.1, 0.15) is 20.3 Å². The summed E-state index contributed by atoms with van der Waals surface area (Å²) < 4.78 is 0. The fourth-order valence-corrected chi connectivity index (χ4v) is 0.459. The van der Waals surface area contributed by atoms with Crippen molar-refractivity contribution in [1.82, 2.24) is 5.32 Å². The van der Waals surface area contributed by atoms with Gasteiger partial charge >= 0.3 is 0 Å². The summed E-state index contributed by atoms with van der Waals surface area (Å²) in [5.74, 6) is -0.000602. The highest BCUT2D eigenvalue weighted by molar-refractivity contribution is 5.87. The molecule has 0 rings (SSSR count). The summed E-state index contributed by atoms with van der Waals surface area (Å²) in [6.07, 6.45) is 4.24. The fraction of sp³-hybridized carbons (Fsp3) is 0.571. The molecule has 0 spiro atoms. The van der Waals surface area contributed by atoms with Crippen LogP contribution in [0.4, 0.5) is 0 Å². The van der Waals surface area contributed by atoms with E-state index in [0.717, 1.165) is 13.0 Å². The molecule has 0 aromatic carbocycles. The van der Waals surface area contributed by atoms with E-state index >= 15 is 0 Å². The molecule has 2 heteroatoms. The Morgan fingerprint density at radius 1 is 1.67 bits per heavy atom. The van der Waals surface area contributed by atoms with Crippen LogP contribution in [0.25, 0.3) is 0 Å². The molecule has 2 nitrogen and oxygen atoms in total. The smallest absolute Gasteiger partial charge is 0.243 e. The zero-order valence-corrected chi connectivity index (χ0v) is 5.98. The Kier molecular flexibility index (Phi) is 4.88. The van der Waals surface area contributed by atoms with E-state index < -0.39 is 0 Å². The van der Waals surface area contributed by atoms with Crippen molar-refractivity contribution in [1.29, 1.82) is 0 Å². The SMILES string of the molecule is C/C=C/C(=O)NCCC. The molecule has 0 bridgehead atoms. The molecule has 1 N–H and O–H groups in total. The standard InChI is InChI=1S/C7H13NO/c1-3-5-7(9)8-6-4-2/h3,5H,4,6H2,1-2H3,(H,8,9)/b5-3+. The van der Waals surface area contributed by atoms with Crippen molar-refractivity contribution in [2.75, 3.05) is 6.54 Å². The van der Waals surface area contributed by atoms with Gasteiger partial charge in [0.25, 0.3) is 0 Å². The summed E-state index contributed by atoms with van der Waals surface area (Å²) in [4.78, 5) is 10.6. The van der Waals surface area contributed by atoms with E-state index in [1.165, 1.54) is 6.08 Å². The van der Waals surface area contributed by atoms with Crippen molar-refractivity contribution in [2.24, 2.45) is 0 Å². The van der Waals surface area contributed by atoms with Gasteiger partial charge in [-0.3, -0.25) is 4.79 Å². The molecule has 52 valence electrons. The van der Waals surface area contributed by atoms with Crippen molar-refractivity contribution >= 4 is 5.91 Å². The topological polar surface area (TPSA) is 29.1 Å². The number of allylic oxidation sites excluding steroid dienone is 1. The number of carbonyl (C=O) groups is 1.